The highest BCUT2D eigenvalue weighted by Crippen LogP contribution is 2.48. The van der Waals surface area contributed by atoms with E-state index in [0.717, 1.165) is 18.6 Å². The smallest absolute Gasteiger partial charge is 0.309 e. The number of furan rings is 1. The summed E-state index contributed by atoms with van der Waals surface area (Å²) in [7, 11) is 0. The summed E-state index contributed by atoms with van der Waals surface area (Å²) in [5, 5.41) is 2.03. The van der Waals surface area contributed by atoms with Crippen molar-refractivity contribution in [1.82, 2.24) is 0 Å². The molecule has 1 saturated carbocycles. The molecular weight excluding hydrogens is 248 g/mol. The molecule has 0 amide bonds. The van der Waals surface area contributed by atoms with Crippen LogP contribution in [0.5, 0.6) is 0 Å². The van der Waals surface area contributed by atoms with Gasteiger partial charge in [0, 0.05) is 17.2 Å². The molecule has 0 aliphatic heterocycles. The molecule has 3 rings (SSSR count). The standard InChI is InChI=1S/C14H14O3S/c15-14(17-7-5-10-3-2-8-18-10)12-9-11(12)13-4-1-6-16-13/h1-4,6,8,11-12H,5,7,9H2. The van der Waals surface area contributed by atoms with E-state index in [1.165, 1.54) is 4.88 Å². The highest BCUT2D eigenvalue weighted by Gasteiger charge is 2.47. The molecular formula is C14H14O3S. The van der Waals surface area contributed by atoms with Gasteiger partial charge in [-0.1, -0.05) is 6.07 Å². The third-order valence-corrected chi connectivity index (χ3v) is 4.11. The van der Waals surface area contributed by atoms with Crippen molar-refractivity contribution in [3.05, 3.63) is 46.5 Å². The highest BCUT2D eigenvalue weighted by molar-refractivity contribution is 7.09. The van der Waals surface area contributed by atoms with Gasteiger partial charge in [0.15, 0.2) is 0 Å². The number of ether oxygens (including phenoxy) is 1. The Morgan fingerprint density at radius 2 is 2.39 bits per heavy atom. The summed E-state index contributed by atoms with van der Waals surface area (Å²) in [5.74, 6) is 1.04. The Kier molecular flexibility index (Phi) is 3.19. The van der Waals surface area contributed by atoms with Gasteiger partial charge in [-0.25, -0.2) is 0 Å². The van der Waals surface area contributed by atoms with E-state index in [0.29, 0.717) is 6.61 Å². The summed E-state index contributed by atoms with van der Waals surface area (Å²) in [6, 6.07) is 7.84. The van der Waals surface area contributed by atoms with Gasteiger partial charge in [-0.05, 0) is 30.0 Å². The summed E-state index contributed by atoms with van der Waals surface area (Å²) in [6.45, 7) is 0.473. The van der Waals surface area contributed by atoms with Gasteiger partial charge in [0.2, 0.25) is 0 Å². The SMILES string of the molecule is O=C(OCCc1cccs1)C1CC1c1ccco1. The van der Waals surface area contributed by atoms with Crippen molar-refractivity contribution in [3.63, 3.8) is 0 Å². The molecule has 0 bridgehead atoms. The zero-order chi connectivity index (χ0) is 12.4. The minimum Gasteiger partial charge on any atom is -0.469 e. The molecule has 0 N–H and O–H groups in total. The molecule has 2 unspecified atom stereocenters. The van der Waals surface area contributed by atoms with Crippen molar-refractivity contribution < 1.29 is 13.9 Å². The molecule has 2 heterocycles. The number of hydrogen-bond acceptors (Lipinski definition) is 4. The Bertz CT molecular complexity index is 501. The third-order valence-electron chi connectivity index (χ3n) is 3.17. The van der Waals surface area contributed by atoms with Crippen LogP contribution in [0.2, 0.25) is 0 Å². The first-order chi connectivity index (χ1) is 8.84. The predicted molar refractivity (Wildman–Crippen MR) is 68.5 cm³/mol. The molecule has 1 aliphatic carbocycles. The molecule has 2 aromatic heterocycles. The Morgan fingerprint density at radius 3 is 3.11 bits per heavy atom. The van der Waals surface area contributed by atoms with E-state index in [2.05, 4.69) is 6.07 Å². The first-order valence-corrected chi connectivity index (χ1v) is 6.95. The number of rotatable bonds is 5. The van der Waals surface area contributed by atoms with Crippen LogP contribution in [0.25, 0.3) is 0 Å². The van der Waals surface area contributed by atoms with Crippen LogP contribution in [0.3, 0.4) is 0 Å². The van der Waals surface area contributed by atoms with Crippen LogP contribution in [0, 0.1) is 5.92 Å². The summed E-state index contributed by atoms with van der Waals surface area (Å²) < 4.78 is 10.6. The Morgan fingerprint density at radius 1 is 1.44 bits per heavy atom. The zero-order valence-electron chi connectivity index (χ0n) is 9.87. The maximum Gasteiger partial charge on any atom is 0.309 e. The van der Waals surface area contributed by atoms with Gasteiger partial charge in [0.1, 0.15) is 5.76 Å². The summed E-state index contributed by atoms with van der Waals surface area (Å²) in [6.07, 6.45) is 3.31. The molecule has 4 heteroatoms. The number of hydrogen-bond donors (Lipinski definition) is 0. The van der Waals surface area contributed by atoms with E-state index >= 15 is 0 Å². The summed E-state index contributed by atoms with van der Waals surface area (Å²) in [5.41, 5.74) is 0. The fourth-order valence-corrected chi connectivity index (χ4v) is 2.78. The molecule has 18 heavy (non-hydrogen) atoms. The van der Waals surface area contributed by atoms with Gasteiger partial charge in [-0.15, -0.1) is 11.3 Å². The Hall–Kier alpha value is -1.55. The van der Waals surface area contributed by atoms with Gasteiger partial charge in [-0.3, -0.25) is 4.79 Å². The maximum atomic E-state index is 11.8. The Labute approximate surface area is 109 Å². The van der Waals surface area contributed by atoms with E-state index in [1.807, 2.05) is 23.6 Å². The molecule has 0 spiro atoms. The van der Waals surface area contributed by atoms with Gasteiger partial charge in [0.05, 0.1) is 18.8 Å². The van der Waals surface area contributed by atoms with Gasteiger partial charge >= 0.3 is 5.97 Å². The van der Waals surface area contributed by atoms with Gasteiger partial charge in [0.25, 0.3) is 0 Å². The van der Waals surface area contributed by atoms with E-state index in [1.54, 1.807) is 17.6 Å². The lowest BCUT2D eigenvalue weighted by Crippen LogP contribution is -2.10. The molecule has 0 radical (unpaired) electrons. The van der Waals surface area contributed by atoms with E-state index in [4.69, 9.17) is 9.15 Å². The van der Waals surface area contributed by atoms with Crippen molar-refractivity contribution in [2.24, 2.45) is 5.92 Å². The number of thiophene rings is 1. The van der Waals surface area contributed by atoms with Gasteiger partial charge in [-0.2, -0.15) is 0 Å². The maximum absolute atomic E-state index is 11.8. The van der Waals surface area contributed by atoms with Crippen molar-refractivity contribution >= 4 is 17.3 Å². The fraction of sp³-hybridized carbons (Fsp3) is 0.357. The first-order valence-electron chi connectivity index (χ1n) is 6.07. The second-order valence-electron chi connectivity index (χ2n) is 4.46. The highest BCUT2D eigenvalue weighted by atomic mass is 32.1. The molecule has 1 aliphatic rings. The van der Waals surface area contributed by atoms with Crippen molar-refractivity contribution in [3.8, 4) is 0 Å². The number of carbonyl (C=O) groups excluding carboxylic acids is 1. The molecule has 2 atom stereocenters. The van der Waals surface area contributed by atoms with Crippen molar-refractivity contribution in [1.29, 1.82) is 0 Å². The molecule has 1 fully saturated rings. The number of carbonyl (C=O) groups is 1. The molecule has 0 aromatic carbocycles. The second-order valence-corrected chi connectivity index (χ2v) is 5.49. The van der Waals surface area contributed by atoms with E-state index in [9.17, 15) is 4.79 Å². The molecule has 3 nitrogen and oxygen atoms in total. The third kappa shape index (κ3) is 2.48. The second kappa shape index (κ2) is 4.98. The van der Waals surface area contributed by atoms with Crippen LogP contribution in [-0.4, -0.2) is 12.6 Å². The average Bonchev–Trinajstić information content (AvgIpc) is 2.84. The van der Waals surface area contributed by atoms with Crippen LogP contribution in [-0.2, 0) is 16.0 Å². The van der Waals surface area contributed by atoms with Gasteiger partial charge < -0.3 is 9.15 Å². The minimum atomic E-state index is -0.0899. The Balaban J connectivity index is 1.43. The van der Waals surface area contributed by atoms with E-state index < -0.39 is 0 Å². The molecule has 2 aromatic rings. The van der Waals surface area contributed by atoms with Crippen LogP contribution in [0.4, 0.5) is 0 Å². The number of esters is 1. The van der Waals surface area contributed by atoms with Crippen LogP contribution in [0.15, 0.2) is 40.3 Å². The van der Waals surface area contributed by atoms with Crippen molar-refractivity contribution in [2.75, 3.05) is 6.61 Å². The average molecular weight is 262 g/mol. The van der Waals surface area contributed by atoms with E-state index in [-0.39, 0.29) is 17.8 Å². The summed E-state index contributed by atoms with van der Waals surface area (Å²) >= 11 is 1.69. The zero-order valence-corrected chi connectivity index (χ0v) is 10.7. The van der Waals surface area contributed by atoms with Crippen LogP contribution in [0.1, 0.15) is 23.0 Å². The molecule has 94 valence electrons. The van der Waals surface area contributed by atoms with Crippen molar-refractivity contribution in [2.45, 2.75) is 18.8 Å². The summed E-state index contributed by atoms with van der Waals surface area (Å²) in [4.78, 5) is 13.0. The van der Waals surface area contributed by atoms with Crippen LogP contribution >= 0.6 is 11.3 Å². The topological polar surface area (TPSA) is 39.4 Å². The normalized spacial score (nSPS) is 21.8. The molecule has 0 saturated heterocycles. The fourth-order valence-electron chi connectivity index (χ4n) is 2.09. The first kappa shape index (κ1) is 11.5. The lowest BCUT2D eigenvalue weighted by atomic mass is 10.2. The minimum absolute atomic E-state index is 0.000476. The quantitative estimate of drug-likeness (QED) is 0.777. The lowest BCUT2D eigenvalue weighted by Gasteiger charge is -2.02. The largest absolute Gasteiger partial charge is 0.469 e. The van der Waals surface area contributed by atoms with Crippen LogP contribution < -0.4 is 0 Å². The lowest BCUT2D eigenvalue weighted by molar-refractivity contribution is -0.145. The monoisotopic (exact) mass is 262 g/mol. The predicted octanol–water partition coefficient (Wildman–Crippen LogP) is 3.23.